The molecular formula is C19H26N4O4S2. The molecule has 0 radical (unpaired) electrons. The summed E-state index contributed by atoms with van der Waals surface area (Å²) in [6, 6.07) is 1.61. The predicted octanol–water partition coefficient (Wildman–Crippen LogP) is 2.77. The van der Waals surface area contributed by atoms with Crippen molar-refractivity contribution in [2.75, 3.05) is 26.2 Å². The molecular weight excluding hydrogens is 412 g/mol. The van der Waals surface area contributed by atoms with Crippen LogP contribution >= 0.6 is 11.3 Å². The molecule has 2 fully saturated rings. The van der Waals surface area contributed by atoms with Crippen molar-refractivity contribution in [1.82, 2.24) is 19.3 Å². The lowest BCUT2D eigenvalue weighted by molar-refractivity contribution is -0.137. The van der Waals surface area contributed by atoms with Gasteiger partial charge < -0.3 is 9.42 Å². The van der Waals surface area contributed by atoms with E-state index >= 15 is 0 Å². The summed E-state index contributed by atoms with van der Waals surface area (Å²) in [5.41, 5.74) is 0.646. The lowest BCUT2D eigenvalue weighted by atomic mass is 9.95. The Balaban J connectivity index is 1.40. The van der Waals surface area contributed by atoms with Crippen LogP contribution in [-0.4, -0.2) is 59.8 Å². The van der Waals surface area contributed by atoms with Gasteiger partial charge in [-0.25, -0.2) is 8.42 Å². The first-order valence-electron chi connectivity index (χ1n) is 10.2. The normalized spacial score (nSPS) is 19.6. The zero-order chi connectivity index (χ0) is 20.4. The van der Waals surface area contributed by atoms with Gasteiger partial charge in [-0.05, 0) is 38.2 Å². The summed E-state index contributed by atoms with van der Waals surface area (Å²) in [5.74, 6) is 1.07. The minimum Gasteiger partial charge on any atom is -0.342 e. The Bertz CT molecular complexity index is 955. The van der Waals surface area contributed by atoms with E-state index in [0.717, 1.165) is 25.9 Å². The Morgan fingerprint density at radius 1 is 1.21 bits per heavy atom. The number of piperidine rings is 2. The summed E-state index contributed by atoms with van der Waals surface area (Å²) >= 11 is 1.17. The third-order valence-corrected chi connectivity index (χ3v) is 8.98. The molecule has 0 aromatic carbocycles. The predicted molar refractivity (Wildman–Crippen MR) is 109 cm³/mol. The van der Waals surface area contributed by atoms with Crippen LogP contribution in [-0.2, 0) is 21.2 Å². The number of nitrogens with zero attached hydrogens (tertiary/aromatic N) is 4. The Kier molecular flexibility index (Phi) is 6.03. The number of aromatic nitrogens is 2. The number of thiophene rings is 1. The van der Waals surface area contributed by atoms with Gasteiger partial charge in [-0.2, -0.15) is 9.29 Å². The van der Waals surface area contributed by atoms with E-state index in [1.54, 1.807) is 11.4 Å². The van der Waals surface area contributed by atoms with Gasteiger partial charge in [-0.1, -0.05) is 12.1 Å². The van der Waals surface area contributed by atoms with Gasteiger partial charge in [0.2, 0.25) is 17.6 Å². The summed E-state index contributed by atoms with van der Waals surface area (Å²) in [6.45, 7) is 4.35. The third kappa shape index (κ3) is 4.24. The Labute approximate surface area is 174 Å². The van der Waals surface area contributed by atoms with Crippen LogP contribution in [0.1, 0.15) is 44.9 Å². The van der Waals surface area contributed by atoms with Gasteiger partial charge in [-0.3, -0.25) is 4.79 Å². The number of hydrogen-bond acceptors (Lipinski definition) is 7. The highest BCUT2D eigenvalue weighted by atomic mass is 32.2. The quantitative estimate of drug-likeness (QED) is 0.712. The van der Waals surface area contributed by atoms with E-state index in [9.17, 15) is 13.2 Å². The molecule has 2 aliphatic heterocycles. The smallest absolute Gasteiger partial charge is 0.252 e. The van der Waals surface area contributed by atoms with Crippen LogP contribution < -0.4 is 0 Å². The highest BCUT2D eigenvalue weighted by Crippen LogP contribution is 2.31. The van der Waals surface area contributed by atoms with Gasteiger partial charge in [-0.15, -0.1) is 11.3 Å². The molecule has 2 aromatic heterocycles. The molecule has 0 unspecified atom stereocenters. The van der Waals surface area contributed by atoms with E-state index < -0.39 is 10.0 Å². The second-order valence-corrected chi connectivity index (χ2v) is 10.7. The van der Waals surface area contributed by atoms with Crippen molar-refractivity contribution in [2.45, 2.75) is 49.7 Å². The van der Waals surface area contributed by atoms with Crippen molar-refractivity contribution in [3.05, 3.63) is 17.3 Å². The number of likely N-dealkylation sites (tertiary alicyclic amines) is 1. The van der Waals surface area contributed by atoms with E-state index in [1.807, 2.05) is 11.8 Å². The fraction of sp³-hybridized carbons (Fsp3) is 0.632. The van der Waals surface area contributed by atoms with Crippen LogP contribution in [0.5, 0.6) is 0 Å². The van der Waals surface area contributed by atoms with Crippen LogP contribution in [0.4, 0.5) is 0 Å². The molecule has 0 saturated carbocycles. The van der Waals surface area contributed by atoms with Crippen molar-refractivity contribution in [1.29, 1.82) is 0 Å². The van der Waals surface area contributed by atoms with E-state index in [4.69, 9.17) is 4.52 Å². The number of aryl methyl sites for hydroxylation is 1. The first-order chi connectivity index (χ1) is 14.0. The van der Waals surface area contributed by atoms with E-state index in [1.165, 1.54) is 22.1 Å². The number of carbonyl (C=O) groups is 1. The molecule has 2 aliphatic rings. The summed E-state index contributed by atoms with van der Waals surface area (Å²) < 4.78 is 33.0. The SMILES string of the molecule is CCc1nc(-c2csc(S(=O)(=O)N3CCC(C(=O)N4CCCCC4)CC3)c2)no1. The van der Waals surface area contributed by atoms with E-state index in [-0.39, 0.29) is 16.0 Å². The average molecular weight is 439 g/mol. The number of carbonyl (C=O) groups excluding carboxylic acids is 1. The number of sulfonamides is 1. The average Bonchev–Trinajstić information content (AvgIpc) is 3.43. The van der Waals surface area contributed by atoms with Gasteiger partial charge in [0.05, 0.1) is 0 Å². The maximum absolute atomic E-state index is 13.0. The van der Waals surface area contributed by atoms with Gasteiger partial charge in [0.1, 0.15) is 4.21 Å². The molecule has 8 nitrogen and oxygen atoms in total. The molecule has 0 spiro atoms. The highest BCUT2D eigenvalue weighted by molar-refractivity contribution is 7.91. The van der Waals surface area contributed by atoms with Gasteiger partial charge in [0.15, 0.2) is 0 Å². The molecule has 2 aromatic rings. The van der Waals surface area contributed by atoms with Crippen LogP contribution in [0.3, 0.4) is 0 Å². The fourth-order valence-electron chi connectivity index (χ4n) is 3.93. The molecule has 0 N–H and O–H groups in total. The zero-order valence-corrected chi connectivity index (χ0v) is 18.2. The third-order valence-electron chi connectivity index (χ3n) is 5.67. The van der Waals surface area contributed by atoms with Crippen LogP contribution in [0, 0.1) is 5.92 Å². The fourth-order valence-corrected chi connectivity index (χ4v) is 6.71. The Hall–Kier alpha value is -1.78. The zero-order valence-electron chi connectivity index (χ0n) is 16.5. The van der Waals surface area contributed by atoms with Gasteiger partial charge >= 0.3 is 0 Å². The summed E-state index contributed by atoms with van der Waals surface area (Å²) in [4.78, 5) is 18.9. The second-order valence-electron chi connectivity index (χ2n) is 7.58. The molecule has 2 saturated heterocycles. The molecule has 29 heavy (non-hydrogen) atoms. The molecule has 0 atom stereocenters. The highest BCUT2D eigenvalue weighted by Gasteiger charge is 2.34. The molecule has 0 aliphatic carbocycles. The minimum atomic E-state index is -3.58. The largest absolute Gasteiger partial charge is 0.342 e. The van der Waals surface area contributed by atoms with Crippen LogP contribution in [0.25, 0.3) is 11.4 Å². The van der Waals surface area contributed by atoms with Crippen molar-refractivity contribution in [3.8, 4) is 11.4 Å². The number of amides is 1. The number of hydrogen-bond donors (Lipinski definition) is 0. The summed E-state index contributed by atoms with van der Waals surface area (Å²) in [5, 5.41) is 5.65. The second kappa shape index (κ2) is 8.53. The van der Waals surface area contributed by atoms with Gasteiger partial charge in [0.25, 0.3) is 10.0 Å². The first-order valence-corrected chi connectivity index (χ1v) is 12.5. The lowest BCUT2D eigenvalue weighted by Gasteiger charge is -2.34. The summed E-state index contributed by atoms with van der Waals surface area (Å²) in [7, 11) is -3.58. The molecule has 1 amide bonds. The molecule has 0 bridgehead atoms. The van der Waals surface area contributed by atoms with Crippen LogP contribution in [0.2, 0.25) is 0 Å². The standard InChI is InChI=1S/C19H26N4O4S2/c1-2-16-20-18(21-27-16)15-12-17(28-13-15)29(25,26)23-10-6-14(7-11-23)19(24)22-8-4-3-5-9-22/h12-14H,2-11H2,1H3. The van der Waals surface area contributed by atoms with Gasteiger partial charge in [0, 0.05) is 49.5 Å². The monoisotopic (exact) mass is 438 g/mol. The van der Waals surface area contributed by atoms with Crippen molar-refractivity contribution >= 4 is 27.3 Å². The van der Waals surface area contributed by atoms with Crippen molar-refractivity contribution < 1.29 is 17.7 Å². The Morgan fingerprint density at radius 2 is 1.93 bits per heavy atom. The summed E-state index contributed by atoms with van der Waals surface area (Å²) in [6.07, 6.45) is 5.12. The van der Waals surface area contributed by atoms with Crippen molar-refractivity contribution in [2.24, 2.45) is 5.92 Å². The molecule has 4 heterocycles. The lowest BCUT2D eigenvalue weighted by Crippen LogP contribution is -2.45. The maximum atomic E-state index is 13.0. The van der Waals surface area contributed by atoms with E-state index in [0.29, 0.717) is 49.6 Å². The first kappa shape index (κ1) is 20.5. The number of rotatable bonds is 5. The van der Waals surface area contributed by atoms with Crippen molar-refractivity contribution in [3.63, 3.8) is 0 Å². The topological polar surface area (TPSA) is 96.6 Å². The molecule has 158 valence electrons. The van der Waals surface area contributed by atoms with Crippen LogP contribution in [0.15, 0.2) is 20.2 Å². The maximum Gasteiger partial charge on any atom is 0.252 e. The Morgan fingerprint density at radius 3 is 2.59 bits per heavy atom. The molecule has 4 rings (SSSR count). The van der Waals surface area contributed by atoms with E-state index in [2.05, 4.69) is 10.1 Å². The minimum absolute atomic E-state index is 0.0646. The molecule has 10 heteroatoms.